The zero-order valence-corrected chi connectivity index (χ0v) is 10.8. The highest BCUT2D eigenvalue weighted by Crippen LogP contribution is 2.28. The summed E-state index contributed by atoms with van der Waals surface area (Å²) in [6.45, 7) is 0.406. The van der Waals surface area contributed by atoms with Crippen LogP contribution < -0.4 is 11.5 Å². The molecular formula is C14H12ClN3O. The minimum Gasteiger partial charge on any atom is -0.436 e. The number of anilines is 1. The van der Waals surface area contributed by atoms with Crippen LogP contribution in [0.15, 0.2) is 40.8 Å². The van der Waals surface area contributed by atoms with Crippen molar-refractivity contribution in [2.45, 2.75) is 6.54 Å². The molecule has 0 aliphatic carbocycles. The van der Waals surface area contributed by atoms with Crippen LogP contribution >= 0.6 is 11.6 Å². The molecule has 96 valence electrons. The predicted octanol–water partition coefficient (Wildman–Crippen LogP) is 3.19. The van der Waals surface area contributed by atoms with E-state index in [2.05, 4.69) is 4.98 Å². The molecule has 0 aliphatic heterocycles. The molecule has 4 nitrogen and oxygen atoms in total. The van der Waals surface area contributed by atoms with Gasteiger partial charge < -0.3 is 15.9 Å². The SMILES string of the molecule is NCc1ccc(-c2nc3cc(N)ccc3o2)cc1Cl. The van der Waals surface area contributed by atoms with Gasteiger partial charge in [-0.15, -0.1) is 0 Å². The number of aromatic nitrogens is 1. The van der Waals surface area contributed by atoms with E-state index in [0.717, 1.165) is 16.6 Å². The molecule has 3 rings (SSSR count). The Balaban J connectivity index is 2.11. The van der Waals surface area contributed by atoms with Gasteiger partial charge in [-0.1, -0.05) is 17.7 Å². The summed E-state index contributed by atoms with van der Waals surface area (Å²) in [6.07, 6.45) is 0. The Morgan fingerprint density at radius 2 is 2.00 bits per heavy atom. The Morgan fingerprint density at radius 1 is 1.16 bits per heavy atom. The van der Waals surface area contributed by atoms with Gasteiger partial charge in [-0.05, 0) is 35.9 Å². The van der Waals surface area contributed by atoms with Gasteiger partial charge in [-0.25, -0.2) is 4.98 Å². The van der Waals surface area contributed by atoms with Crippen LogP contribution in [-0.4, -0.2) is 4.98 Å². The highest BCUT2D eigenvalue weighted by Gasteiger charge is 2.10. The van der Waals surface area contributed by atoms with Gasteiger partial charge in [-0.2, -0.15) is 0 Å². The Morgan fingerprint density at radius 3 is 2.74 bits per heavy atom. The Kier molecular flexibility index (Phi) is 2.89. The molecule has 0 saturated carbocycles. The average Bonchev–Trinajstić information content (AvgIpc) is 2.81. The molecule has 19 heavy (non-hydrogen) atoms. The van der Waals surface area contributed by atoms with Gasteiger partial charge in [0.05, 0.1) is 0 Å². The monoisotopic (exact) mass is 273 g/mol. The van der Waals surface area contributed by atoms with E-state index in [-0.39, 0.29) is 0 Å². The first-order valence-corrected chi connectivity index (χ1v) is 6.20. The first-order chi connectivity index (χ1) is 9.17. The summed E-state index contributed by atoms with van der Waals surface area (Å²) in [5.74, 6) is 0.520. The molecule has 0 spiro atoms. The molecule has 1 aromatic heterocycles. The number of oxazole rings is 1. The van der Waals surface area contributed by atoms with Crippen LogP contribution in [0, 0.1) is 0 Å². The highest BCUT2D eigenvalue weighted by molar-refractivity contribution is 6.31. The lowest BCUT2D eigenvalue weighted by molar-refractivity contribution is 0.620. The number of fused-ring (bicyclic) bond motifs is 1. The van der Waals surface area contributed by atoms with E-state index in [1.807, 2.05) is 12.1 Å². The summed E-state index contributed by atoms with van der Waals surface area (Å²) < 4.78 is 5.68. The molecule has 0 radical (unpaired) electrons. The summed E-state index contributed by atoms with van der Waals surface area (Å²) in [6, 6.07) is 10.9. The average molecular weight is 274 g/mol. The molecule has 0 fully saturated rings. The lowest BCUT2D eigenvalue weighted by atomic mass is 10.1. The number of hydrogen-bond acceptors (Lipinski definition) is 4. The van der Waals surface area contributed by atoms with Gasteiger partial charge in [0.25, 0.3) is 0 Å². The summed E-state index contributed by atoms with van der Waals surface area (Å²) in [4.78, 5) is 4.40. The van der Waals surface area contributed by atoms with Crippen molar-refractivity contribution >= 4 is 28.4 Å². The lowest BCUT2D eigenvalue weighted by Crippen LogP contribution is -1.96. The third kappa shape index (κ3) is 2.16. The van der Waals surface area contributed by atoms with Crippen LogP contribution in [0.25, 0.3) is 22.6 Å². The van der Waals surface area contributed by atoms with Crippen LogP contribution in [0.2, 0.25) is 5.02 Å². The normalized spacial score (nSPS) is 11.1. The molecule has 0 amide bonds. The highest BCUT2D eigenvalue weighted by atomic mass is 35.5. The second-order valence-electron chi connectivity index (χ2n) is 4.26. The Hall–Kier alpha value is -2.04. The molecule has 4 N–H and O–H groups in total. The number of hydrogen-bond donors (Lipinski definition) is 2. The van der Waals surface area contributed by atoms with Crippen molar-refractivity contribution in [1.29, 1.82) is 0 Å². The summed E-state index contributed by atoms with van der Waals surface area (Å²) in [5, 5.41) is 0.613. The van der Waals surface area contributed by atoms with Crippen LogP contribution in [0.4, 0.5) is 5.69 Å². The number of benzene rings is 2. The van der Waals surface area contributed by atoms with Gasteiger partial charge >= 0.3 is 0 Å². The maximum Gasteiger partial charge on any atom is 0.227 e. The maximum absolute atomic E-state index is 6.13. The molecule has 0 aliphatic rings. The van der Waals surface area contributed by atoms with Crippen molar-refractivity contribution in [3.63, 3.8) is 0 Å². The molecule has 1 heterocycles. The van der Waals surface area contributed by atoms with Crippen molar-refractivity contribution in [3.05, 3.63) is 47.0 Å². The fraction of sp³-hybridized carbons (Fsp3) is 0.0714. The van der Waals surface area contributed by atoms with Crippen LogP contribution in [0.5, 0.6) is 0 Å². The van der Waals surface area contributed by atoms with E-state index < -0.39 is 0 Å². The minimum atomic E-state index is 0.406. The quantitative estimate of drug-likeness (QED) is 0.703. The predicted molar refractivity (Wildman–Crippen MR) is 76.8 cm³/mol. The van der Waals surface area contributed by atoms with Gasteiger partial charge in [-0.3, -0.25) is 0 Å². The third-order valence-corrected chi connectivity index (χ3v) is 3.28. The maximum atomic E-state index is 6.13. The molecular weight excluding hydrogens is 262 g/mol. The van der Waals surface area contributed by atoms with Gasteiger partial charge in [0.1, 0.15) is 5.52 Å². The standard InChI is InChI=1S/C14H12ClN3O/c15-11-5-8(1-2-9(11)7-16)14-18-12-6-10(17)3-4-13(12)19-14/h1-6H,7,16-17H2. The second kappa shape index (κ2) is 4.57. The number of nitrogens with zero attached hydrogens (tertiary/aromatic N) is 1. The van der Waals surface area contributed by atoms with E-state index in [4.69, 9.17) is 27.5 Å². The zero-order valence-electron chi connectivity index (χ0n) is 10.1. The third-order valence-electron chi connectivity index (χ3n) is 2.93. The van der Waals surface area contributed by atoms with E-state index in [1.165, 1.54) is 0 Å². The van der Waals surface area contributed by atoms with E-state index >= 15 is 0 Å². The van der Waals surface area contributed by atoms with Crippen molar-refractivity contribution in [1.82, 2.24) is 4.98 Å². The molecule has 0 unspecified atom stereocenters. The minimum absolute atomic E-state index is 0.406. The molecule has 5 heteroatoms. The first kappa shape index (κ1) is 12.0. The van der Waals surface area contributed by atoms with Gasteiger partial charge in [0.15, 0.2) is 5.58 Å². The molecule has 0 atom stereocenters. The number of nitrogens with two attached hydrogens (primary N) is 2. The fourth-order valence-electron chi connectivity index (χ4n) is 1.91. The Labute approximate surface area is 115 Å². The fourth-order valence-corrected chi connectivity index (χ4v) is 2.17. The number of halogens is 1. The zero-order chi connectivity index (χ0) is 13.4. The summed E-state index contributed by atoms with van der Waals surface area (Å²) in [5.41, 5.74) is 15.1. The second-order valence-corrected chi connectivity index (χ2v) is 4.66. The largest absolute Gasteiger partial charge is 0.436 e. The molecule has 0 saturated heterocycles. The smallest absolute Gasteiger partial charge is 0.227 e. The van der Waals surface area contributed by atoms with Crippen molar-refractivity contribution in [3.8, 4) is 11.5 Å². The van der Waals surface area contributed by atoms with Crippen LogP contribution in [0.3, 0.4) is 0 Å². The number of rotatable bonds is 2. The van der Waals surface area contributed by atoms with Crippen LogP contribution in [-0.2, 0) is 6.54 Å². The van der Waals surface area contributed by atoms with Crippen molar-refractivity contribution < 1.29 is 4.42 Å². The molecule has 0 bridgehead atoms. The molecule has 2 aromatic carbocycles. The first-order valence-electron chi connectivity index (χ1n) is 5.82. The topological polar surface area (TPSA) is 78.1 Å². The lowest BCUT2D eigenvalue weighted by Gasteiger charge is -2.02. The molecule has 3 aromatic rings. The number of nitrogen functional groups attached to an aromatic ring is 1. The van der Waals surface area contributed by atoms with Crippen molar-refractivity contribution in [2.24, 2.45) is 5.73 Å². The van der Waals surface area contributed by atoms with Crippen LogP contribution in [0.1, 0.15) is 5.56 Å². The summed E-state index contributed by atoms with van der Waals surface area (Å²) >= 11 is 6.13. The summed E-state index contributed by atoms with van der Waals surface area (Å²) in [7, 11) is 0. The Bertz CT molecular complexity index is 752. The van der Waals surface area contributed by atoms with E-state index in [9.17, 15) is 0 Å². The van der Waals surface area contributed by atoms with E-state index in [1.54, 1.807) is 24.3 Å². The van der Waals surface area contributed by atoms with Gasteiger partial charge in [0, 0.05) is 22.8 Å². The van der Waals surface area contributed by atoms with Gasteiger partial charge in [0.2, 0.25) is 5.89 Å². The van der Waals surface area contributed by atoms with Crippen molar-refractivity contribution in [2.75, 3.05) is 5.73 Å². The van der Waals surface area contributed by atoms with E-state index in [0.29, 0.717) is 28.7 Å².